The topological polar surface area (TPSA) is 79.8 Å². The summed E-state index contributed by atoms with van der Waals surface area (Å²) in [5.74, 6) is 1.56. The molecule has 0 atom stereocenters. The van der Waals surface area contributed by atoms with E-state index in [0.717, 1.165) is 145 Å². The van der Waals surface area contributed by atoms with Gasteiger partial charge in [-0.1, -0.05) is 64.7 Å². The summed E-state index contributed by atoms with van der Waals surface area (Å²) in [7, 11) is 0. The molecule has 0 amide bonds. The molecule has 242 valence electrons. The van der Waals surface area contributed by atoms with Crippen molar-refractivity contribution in [1.82, 2.24) is 29.9 Å². The SMILES string of the molecule is CCCCC1=C(C)c2nc1cc1[n-]c(nc3nc(cc4[n-]c(n2)c(C)c4CCCC)C(CCCC)=C3C)c(C)c1CCCC.[Ni+2]. The van der Waals surface area contributed by atoms with Crippen molar-refractivity contribution in [2.75, 3.05) is 0 Å². The van der Waals surface area contributed by atoms with Gasteiger partial charge in [-0.2, -0.15) is 0 Å². The molecule has 45 heavy (non-hydrogen) atoms. The molecular weight excluding hydrogens is 599 g/mol. The summed E-state index contributed by atoms with van der Waals surface area (Å²) in [6.45, 7) is 17.7. The van der Waals surface area contributed by atoms with Gasteiger partial charge in [-0.3, -0.25) is 9.97 Å². The van der Waals surface area contributed by atoms with Crippen LogP contribution in [-0.4, -0.2) is 19.9 Å². The first-order chi connectivity index (χ1) is 21.3. The molecule has 7 heteroatoms. The minimum absolute atomic E-state index is 0. The average molecular weight is 650 g/mol. The number of aromatic nitrogens is 6. The molecule has 5 heterocycles. The van der Waals surface area contributed by atoms with E-state index in [1.54, 1.807) is 0 Å². The normalized spacial score (nSPS) is 13.2. The number of unbranched alkanes of at least 4 members (excludes halogenated alkanes) is 4. The Bertz CT molecular complexity index is 1620. The van der Waals surface area contributed by atoms with Crippen LogP contribution >= 0.6 is 0 Å². The van der Waals surface area contributed by atoms with Crippen molar-refractivity contribution in [2.24, 2.45) is 0 Å². The third-order valence-electron chi connectivity index (χ3n) is 9.39. The van der Waals surface area contributed by atoms with Crippen LogP contribution in [0.25, 0.3) is 44.6 Å². The van der Waals surface area contributed by atoms with Gasteiger partial charge in [0.2, 0.25) is 0 Å². The smallest absolute Gasteiger partial charge is 0.436 e. The van der Waals surface area contributed by atoms with Crippen LogP contribution in [-0.2, 0) is 29.3 Å². The number of rotatable bonds is 12. The Labute approximate surface area is 280 Å². The summed E-state index contributed by atoms with van der Waals surface area (Å²) in [5, 5.41) is 0. The first kappa shape index (κ1) is 34.8. The van der Waals surface area contributed by atoms with E-state index in [-0.39, 0.29) is 16.5 Å². The first-order valence-electron chi connectivity index (χ1n) is 17.1. The Morgan fingerprint density at radius 3 is 1.22 bits per heavy atom. The third-order valence-corrected chi connectivity index (χ3v) is 9.39. The standard InChI is InChI=1S/C38H50N6.Ni/c1-9-13-17-27-23(5)35-39-31(27)21-32-28(18-14-10-2)24(6)37(40-32)44-38-26(8)30(20-16-12-4)34(42-38)22-33-29(19-15-11-3)25(7)36(41-33)43-35;/h21-22H,9-20H2,1-8H3;/q-2;+2. The molecule has 0 aliphatic carbocycles. The van der Waals surface area contributed by atoms with Crippen molar-refractivity contribution >= 4 is 44.6 Å². The van der Waals surface area contributed by atoms with Gasteiger partial charge in [-0.25, -0.2) is 0 Å². The zero-order chi connectivity index (χ0) is 31.4. The van der Waals surface area contributed by atoms with Crippen LogP contribution in [0, 0.1) is 13.8 Å². The van der Waals surface area contributed by atoms with E-state index in [1.165, 1.54) is 22.3 Å². The van der Waals surface area contributed by atoms with Crippen LogP contribution in [0.1, 0.15) is 151 Å². The predicted octanol–water partition coefficient (Wildman–Crippen LogP) is 9.90. The number of hydrogen-bond acceptors (Lipinski definition) is 4. The van der Waals surface area contributed by atoms with Crippen LogP contribution in [0.2, 0.25) is 0 Å². The second-order valence-corrected chi connectivity index (χ2v) is 12.6. The van der Waals surface area contributed by atoms with Gasteiger partial charge < -0.3 is 19.9 Å². The van der Waals surface area contributed by atoms with Crippen LogP contribution in [0.4, 0.5) is 0 Å². The van der Waals surface area contributed by atoms with E-state index < -0.39 is 0 Å². The molecule has 0 spiro atoms. The van der Waals surface area contributed by atoms with Crippen LogP contribution in [0.15, 0.2) is 12.1 Å². The van der Waals surface area contributed by atoms with Gasteiger partial charge in [0, 0.05) is 0 Å². The maximum absolute atomic E-state index is 5.16. The summed E-state index contributed by atoms with van der Waals surface area (Å²) in [5.41, 5.74) is 15.2. The van der Waals surface area contributed by atoms with E-state index in [1.807, 2.05) is 0 Å². The number of nitrogens with zero attached hydrogens (tertiary/aromatic N) is 6. The summed E-state index contributed by atoms with van der Waals surface area (Å²) in [6, 6.07) is 4.39. The summed E-state index contributed by atoms with van der Waals surface area (Å²) >= 11 is 0. The molecule has 0 aromatic carbocycles. The van der Waals surface area contributed by atoms with Crippen LogP contribution in [0.5, 0.6) is 0 Å². The molecule has 8 bridgehead atoms. The Kier molecular flexibility index (Phi) is 12.0. The number of allylic oxidation sites excluding steroid dienone is 4. The van der Waals surface area contributed by atoms with Crippen LogP contribution < -0.4 is 9.97 Å². The van der Waals surface area contributed by atoms with E-state index in [2.05, 4.69) is 67.5 Å². The molecule has 0 saturated carbocycles. The number of fused-ring (bicyclic) bond motifs is 8. The summed E-state index contributed by atoms with van der Waals surface area (Å²) in [6.07, 6.45) is 12.9. The number of aryl methyl sites for hydroxylation is 4. The van der Waals surface area contributed by atoms with Gasteiger partial charge in [0.05, 0.1) is 23.0 Å². The zero-order valence-corrected chi connectivity index (χ0v) is 29.6. The van der Waals surface area contributed by atoms with Gasteiger partial charge in [0.1, 0.15) is 0 Å². The molecule has 6 nitrogen and oxygen atoms in total. The van der Waals surface area contributed by atoms with E-state index in [9.17, 15) is 0 Å². The second kappa shape index (κ2) is 15.5. The van der Waals surface area contributed by atoms with E-state index >= 15 is 0 Å². The van der Waals surface area contributed by atoms with Crippen molar-refractivity contribution in [1.29, 1.82) is 0 Å². The minimum Gasteiger partial charge on any atom is -0.436 e. The predicted molar refractivity (Wildman–Crippen MR) is 185 cm³/mol. The van der Waals surface area contributed by atoms with Crippen molar-refractivity contribution < 1.29 is 16.5 Å². The Hall–Kier alpha value is -3.05. The molecule has 0 N–H and O–H groups in total. The number of hydrogen-bond donors (Lipinski definition) is 0. The fourth-order valence-electron chi connectivity index (χ4n) is 6.42. The van der Waals surface area contributed by atoms with Gasteiger partial charge in [-0.05, 0) is 147 Å². The fraction of sp³-hybridized carbons (Fsp3) is 0.526. The van der Waals surface area contributed by atoms with Crippen molar-refractivity contribution in [3.8, 4) is 0 Å². The van der Waals surface area contributed by atoms with Gasteiger partial charge in [0.15, 0.2) is 0 Å². The minimum atomic E-state index is 0. The maximum atomic E-state index is 5.16. The molecule has 3 aromatic rings. The third kappa shape index (κ3) is 7.19. The fourth-order valence-corrected chi connectivity index (χ4v) is 6.42. The van der Waals surface area contributed by atoms with Crippen LogP contribution in [0.3, 0.4) is 0 Å². The second-order valence-electron chi connectivity index (χ2n) is 12.6. The van der Waals surface area contributed by atoms with Crippen molar-refractivity contribution in [2.45, 2.75) is 132 Å². The summed E-state index contributed by atoms with van der Waals surface area (Å²) < 4.78 is 0. The van der Waals surface area contributed by atoms with E-state index in [4.69, 9.17) is 29.9 Å². The summed E-state index contributed by atoms with van der Waals surface area (Å²) in [4.78, 5) is 31.0. The molecule has 2 aliphatic heterocycles. The quantitative estimate of drug-likeness (QED) is 0.182. The molecular formula is C38H50N6Ni. The molecule has 0 fully saturated rings. The maximum Gasteiger partial charge on any atom is 2.00 e. The Morgan fingerprint density at radius 1 is 0.511 bits per heavy atom. The molecule has 0 unspecified atom stereocenters. The average Bonchev–Trinajstić information content (AvgIpc) is 3.66. The first-order valence-corrected chi connectivity index (χ1v) is 17.1. The van der Waals surface area contributed by atoms with Crippen molar-refractivity contribution in [3.05, 3.63) is 57.4 Å². The van der Waals surface area contributed by atoms with Gasteiger partial charge in [-0.15, -0.1) is 0 Å². The molecule has 0 saturated heterocycles. The molecule has 3 aromatic heterocycles. The van der Waals surface area contributed by atoms with Gasteiger partial charge in [0.25, 0.3) is 0 Å². The zero-order valence-electron chi connectivity index (χ0n) is 28.6. The monoisotopic (exact) mass is 648 g/mol. The Morgan fingerprint density at radius 2 is 0.867 bits per heavy atom. The Balaban J connectivity index is 0.00000461. The molecule has 5 rings (SSSR count). The molecule has 2 aliphatic rings. The molecule has 0 radical (unpaired) electrons. The van der Waals surface area contributed by atoms with Gasteiger partial charge >= 0.3 is 16.5 Å². The van der Waals surface area contributed by atoms with Crippen molar-refractivity contribution in [3.63, 3.8) is 0 Å². The van der Waals surface area contributed by atoms with E-state index in [0.29, 0.717) is 0 Å². The largest absolute Gasteiger partial charge is 2.00 e.